The van der Waals surface area contributed by atoms with E-state index in [2.05, 4.69) is 22.4 Å². The van der Waals surface area contributed by atoms with Crippen LogP contribution in [0.1, 0.15) is 17.9 Å². The molecule has 3 aromatic rings. The van der Waals surface area contributed by atoms with Crippen LogP contribution in [-0.2, 0) is 0 Å². The molecule has 1 aliphatic heterocycles. The fourth-order valence-electron chi connectivity index (χ4n) is 3.51. The van der Waals surface area contributed by atoms with Gasteiger partial charge in [0, 0.05) is 28.4 Å². The van der Waals surface area contributed by atoms with Gasteiger partial charge in [0.25, 0.3) is 0 Å². The summed E-state index contributed by atoms with van der Waals surface area (Å²) in [4.78, 5) is 3.47. The van der Waals surface area contributed by atoms with Gasteiger partial charge in [-0.25, -0.2) is 4.39 Å². The smallest absolute Gasteiger partial charge is 0.109 e. The highest BCUT2D eigenvalue weighted by atomic mass is 35.5. The van der Waals surface area contributed by atoms with Crippen LogP contribution in [0.3, 0.4) is 0 Å². The zero-order valence-electron chi connectivity index (χ0n) is 12.7. The van der Waals surface area contributed by atoms with E-state index < -0.39 is 6.17 Å². The van der Waals surface area contributed by atoms with Crippen LogP contribution in [0.4, 0.5) is 4.39 Å². The van der Waals surface area contributed by atoms with Crippen LogP contribution in [0.25, 0.3) is 22.2 Å². The van der Waals surface area contributed by atoms with Gasteiger partial charge in [-0.15, -0.1) is 0 Å². The number of halogens is 2. The maximum atomic E-state index is 14.6. The van der Waals surface area contributed by atoms with Crippen molar-refractivity contribution in [2.45, 2.75) is 18.5 Å². The van der Waals surface area contributed by atoms with Crippen molar-refractivity contribution in [1.29, 1.82) is 0 Å². The molecule has 2 atom stereocenters. The van der Waals surface area contributed by atoms with Crippen molar-refractivity contribution in [3.63, 3.8) is 0 Å². The highest BCUT2D eigenvalue weighted by Gasteiger charge is 2.31. The minimum absolute atomic E-state index is 0.161. The summed E-state index contributed by atoms with van der Waals surface area (Å²) in [6.07, 6.45) is -0.289. The Morgan fingerprint density at radius 1 is 1.09 bits per heavy atom. The van der Waals surface area contributed by atoms with E-state index in [9.17, 15) is 4.39 Å². The molecule has 1 aromatic heterocycles. The van der Waals surface area contributed by atoms with Gasteiger partial charge in [0.2, 0.25) is 0 Å². The van der Waals surface area contributed by atoms with Crippen LogP contribution in [-0.4, -0.2) is 24.2 Å². The molecule has 0 amide bonds. The lowest BCUT2D eigenvalue weighted by Crippen LogP contribution is -2.36. The molecule has 2 nitrogen and oxygen atoms in total. The highest BCUT2D eigenvalue weighted by Crippen LogP contribution is 2.40. The van der Waals surface area contributed by atoms with Crippen molar-refractivity contribution in [2.75, 3.05) is 13.1 Å². The topological polar surface area (TPSA) is 27.8 Å². The first-order chi connectivity index (χ1) is 11.2. The van der Waals surface area contributed by atoms with E-state index >= 15 is 0 Å². The second-order valence-corrected chi connectivity index (χ2v) is 6.52. The first-order valence-corrected chi connectivity index (χ1v) is 8.33. The summed E-state index contributed by atoms with van der Waals surface area (Å²) in [6.45, 7) is 1.39. The number of H-pyrrole nitrogens is 1. The predicted octanol–water partition coefficient (Wildman–Crippen LogP) is 4.90. The van der Waals surface area contributed by atoms with Crippen molar-refractivity contribution >= 4 is 22.5 Å². The number of fused-ring (bicyclic) bond motifs is 1. The molecule has 0 aliphatic carbocycles. The summed E-state index contributed by atoms with van der Waals surface area (Å²) in [5.41, 5.74) is 4.11. The molecule has 2 heterocycles. The Morgan fingerprint density at radius 2 is 1.91 bits per heavy atom. The molecule has 23 heavy (non-hydrogen) atoms. The van der Waals surface area contributed by atoms with Crippen molar-refractivity contribution in [2.24, 2.45) is 0 Å². The van der Waals surface area contributed by atoms with E-state index in [0.29, 0.717) is 18.0 Å². The fraction of sp³-hybridized carbons (Fsp3) is 0.263. The van der Waals surface area contributed by atoms with Crippen molar-refractivity contribution < 1.29 is 4.39 Å². The van der Waals surface area contributed by atoms with Crippen molar-refractivity contribution in [1.82, 2.24) is 10.3 Å². The fourth-order valence-corrected chi connectivity index (χ4v) is 3.68. The molecule has 118 valence electrons. The number of rotatable bonds is 2. The molecule has 0 bridgehead atoms. The van der Waals surface area contributed by atoms with Gasteiger partial charge in [0.15, 0.2) is 0 Å². The van der Waals surface area contributed by atoms with Crippen molar-refractivity contribution in [3.8, 4) is 11.3 Å². The van der Waals surface area contributed by atoms with Crippen LogP contribution >= 0.6 is 11.6 Å². The molecule has 1 fully saturated rings. The molecule has 0 radical (unpaired) electrons. The lowest BCUT2D eigenvalue weighted by Gasteiger charge is -2.27. The zero-order chi connectivity index (χ0) is 15.8. The first kappa shape index (κ1) is 14.7. The summed E-state index contributed by atoms with van der Waals surface area (Å²) in [6, 6.07) is 15.9. The van der Waals surface area contributed by atoms with Gasteiger partial charge in [0.1, 0.15) is 6.17 Å². The monoisotopic (exact) mass is 328 g/mol. The molecular weight excluding hydrogens is 311 g/mol. The molecule has 0 saturated carbocycles. The van der Waals surface area contributed by atoms with E-state index in [1.165, 1.54) is 0 Å². The minimum atomic E-state index is -0.836. The van der Waals surface area contributed by atoms with Crippen molar-refractivity contribution in [3.05, 3.63) is 59.1 Å². The Morgan fingerprint density at radius 3 is 2.70 bits per heavy atom. The number of aromatic nitrogens is 1. The Labute approximate surface area is 139 Å². The molecule has 4 rings (SSSR count). The van der Waals surface area contributed by atoms with Gasteiger partial charge in [-0.1, -0.05) is 41.9 Å². The summed E-state index contributed by atoms with van der Waals surface area (Å²) >= 11 is 6.20. The van der Waals surface area contributed by atoms with E-state index in [4.69, 9.17) is 11.6 Å². The highest BCUT2D eigenvalue weighted by molar-refractivity contribution is 6.31. The largest absolute Gasteiger partial charge is 0.354 e. The van der Waals surface area contributed by atoms with Crippen LogP contribution in [0.15, 0.2) is 48.5 Å². The quantitative estimate of drug-likeness (QED) is 0.687. The Balaban J connectivity index is 1.96. The standard InChI is InChI=1S/C19H18ClFN2/c20-13-6-7-17-14(10-13)18(15-11-22-9-8-16(15)21)19(23-17)12-4-2-1-3-5-12/h1-7,10,15-16,22-23H,8-9,11H2/t15-,16-/m1/s1. The Kier molecular flexibility index (Phi) is 3.83. The van der Waals surface area contributed by atoms with Gasteiger partial charge < -0.3 is 10.3 Å². The van der Waals surface area contributed by atoms with Crippen LogP contribution < -0.4 is 5.32 Å². The normalized spacial score (nSPS) is 21.7. The molecule has 4 heteroatoms. The number of hydrogen-bond acceptors (Lipinski definition) is 1. The van der Waals surface area contributed by atoms with Gasteiger partial charge in [0.05, 0.1) is 5.69 Å². The minimum Gasteiger partial charge on any atom is -0.354 e. The van der Waals surface area contributed by atoms with Gasteiger partial charge in [-0.05, 0) is 42.3 Å². The maximum Gasteiger partial charge on any atom is 0.109 e. The van der Waals surface area contributed by atoms with Crippen LogP contribution in [0.5, 0.6) is 0 Å². The van der Waals surface area contributed by atoms with E-state index in [0.717, 1.165) is 34.3 Å². The molecule has 0 spiro atoms. The molecule has 0 unspecified atom stereocenters. The van der Waals surface area contributed by atoms with E-state index in [1.54, 1.807) is 0 Å². The molecule has 2 N–H and O–H groups in total. The Bertz CT molecular complexity index is 828. The SMILES string of the molecule is F[C@@H]1CCNC[C@H]1c1c(-c2ccccc2)[nH]c2ccc(Cl)cc12. The molecule has 2 aromatic carbocycles. The Hall–Kier alpha value is -1.84. The average Bonchev–Trinajstić information content (AvgIpc) is 2.94. The number of hydrogen-bond donors (Lipinski definition) is 2. The number of piperidine rings is 1. The summed E-state index contributed by atoms with van der Waals surface area (Å²) < 4.78 is 14.6. The summed E-state index contributed by atoms with van der Waals surface area (Å²) in [5.74, 6) is -0.161. The predicted molar refractivity (Wildman–Crippen MR) is 93.9 cm³/mol. The third kappa shape index (κ3) is 2.64. The molecule has 1 saturated heterocycles. The third-order valence-corrected chi connectivity index (χ3v) is 4.87. The summed E-state index contributed by atoms with van der Waals surface area (Å²) in [7, 11) is 0. The number of nitrogens with one attached hydrogen (secondary N) is 2. The molecule has 1 aliphatic rings. The van der Waals surface area contributed by atoms with Gasteiger partial charge >= 0.3 is 0 Å². The van der Waals surface area contributed by atoms with Crippen LogP contribution in [0, 0.1) is 0 Å². The molecular formula is C19H18ClFN2. The second kappa shape index (κ2) is 5.99. The summed E-state index contributed by atoms with van der Waals surface area (Å²) in [5, 5.41) is 5.02. The van der Waals surface area contributed by atoms with E-state index in [-0.39, 0.29) is 5.92 Å². The number of aromatic amines is 1. The van der Waals surface area contributed by atoms with Gasteiger partial charge in [-0.2, -0.15) is 0 Å². The van der Waals surface area contributed by atoms with E-state index in [1.807, 2.05) is 36.4 Å². The lowest BCUT2D eigenvalue weighted by molar-refractivity contribution is 0.229. The first-order valence-electron chi connectivity index (χ1n) is 7.95. The maximum absolute atomic E-state index is 14.6. The number of benzene rings is 2. The van der Waals surface area contributed by atoms with Crippen LogP contribution in [0.2, 0.25) is 5.02 Å². The van der Waals surface area contributed by atoms with Gasteiger partial charge in [-0.3, -0.25) is 0 Å². The zero-order valence-corrected chi connectivity index (χ0v) is 13.4. The lowest BCUT2D eigenvalue weighted by atomic mass is 9.86. The average molecular weight is 329 g/mol. The third-order valence-electron chi connectivity index (χ3n) is 4.63. The number of alkyl halides is 1. The second-order valence-electron chi connectivity index (χ2n) is 6.08.